The molecular formula is C24H35N5O9. The molecule has 0 radical (unpaired) electrons. The Bertz CT molecular complexity index is 984. The van der Waals surface area contributed by atoms with Crippen molar-refractivity contribution in [1.29, 1.82) is 0 Å². The first-order valence-corrected chi connectivity index (χ1v) is 11.7. The van der Waals surface area contributed by atoms with Crippen molar-refractivity contribution in [3.63, 3.8) is 0 Å². The van der Waals surface area contributed by atoms with E-state index in [9.17, 15) is 28.8 Å². The number of ether oxygens (including phenoxy) is 3. The summed E-state index contributed by atoms with van der Waals surface area (Å²) >= 11 is 0. The summed E-state index contributed by atoms with van der Waals surface area (Å²) in [6.07, 6.45) is -0.488. The van der Waals surface area contributed by atoms with E-state index in [0.29, 0.717) is 17.9 Å². The molecule has 14 heteroatoms. The Morgan fingerprint density at radius 2 is 1.47 bits per heavy atom. The summed E-state index contributed by atoms with van der Waals surface area (Å²) in [5.74, 6) is -3.90. The molecule has 1 aromatic rings. The standard InChI is InChI=1S/C24H35N5O9/c1-14(26-21(32)13-37-10-9-36-4)22(33)27-15(2)23(34)29-19(11-20(25)31)24(35)28-18-7-5-17(6-8-18)12-38-16(3)30/h5-8,14-15,19H,9-13H2,1-4H3,(H2,25,31)(H,26,32)(H,27,33)(H,28,35)(H,29,34)/t14-,15-,19-/m0/s1. The van der Waals surface area contributed by atoms with Crippen LogP contribution in [-0.4, -0.2) is 80.6 Å². The number of hydrogen-bond donors (Lipinski definition) is 5. The van der Waals surface area contributed by atoms with Gasteiger partial charge < -0.3 is 41.2 Å². The van der Waals surface area contributed by atoms with Crippen molar-refractivity contribution in [2.75, 3.05) is 32.2 Å². The Morgan fingerprint density at radius 3 is 2.05 bits per heavy atom. The monoisotopic (exact) mass is 537 g/mol. The van der Waals surface area contributed by atoms with Gasteiger partial charge in [0, 0.05) is 19.7 Å². The van der Waals surface area contributed by atoms with Crippen LogP contribution in [0.5, 0.6) is 0 Å². The second-order valence-corrected chi connectivity index (χ2v) is 8.26. The number of hydrogen-bond acceptors (Lipinski definition) is 9. The number of esters is 1. The highest BCUT2D eigenvalue weighted by Gasteiger charge is 2.27. The second kappa shape index (κ2) is 16.7. The van der Waals surface area contributed by atoms with E-state index in [1.54, 1.807) is 24.3 Å². The zero-order chi connectivity index (χ0) is 28.7. The molecule has 0 saturated heterocycles. The molecule has 38 heavy (non-hydrogen) atoms. The van der Waals surface area contributed by atoms with Gasteiger partial charge in [-0.3, -0.25) is 28.8 Å². The van der Waals surface area contributed by atoms with Gasteiger partial charge in [0.25, 0.3) is 0 Å². The number of carbonyl (C=O) groups is 6. The van der Waals surface area contributed by atoms with Crippen LogP contribution in [0.2, 0.25) is 0 Å². The van der Waals surface area contributed by atoms with Gasteiger partial charge in [0.15, 0.2) is 0 Å². The minimum Gasteiger partial charge on any atom is -0.461 e. The topological polar surface area (TPSA) is 204 Å². The smallest absolute Gasteiger partial charge is 0.302 e. The average Bonchev–Trinajstić information content (AvgIpc) is 2.85. The SMILES string of the molecule is COCCOCC(=O)N[C@@H](C)C(=O)N[C@@H](C)C(=O)N[C@@H](CC(N)=O)C(=O)Nc1ccc(COC(C)=O)cc1. The maximum absolute atomic E-state index is 12.7. The molecule has 6 N–H and O–H groups in total. The molecule has 0 saturated carbocycles. The summed E-state index contributed by atoms with van der Waals surface area (Å²) in [5.41, 5.74) is 6.29. The number of rotatable bonds is 16. The van der Waals surface area contributed by atoms with E-state index in [1.165, 1.54) is 27.9 Å². The highest BCUT2D eigenvalue weighted by atomic mass is 16.5. The van der Waals surface area contributed by atoms with Crippen molar-refractivity contribution in [3.8, 4) is 0 Å². The number of nitrogens with one attached hydrogen (secondary N) is 4. The first kappa shape index (κ1) is 32.0. The Kier molecular flexibility index (Phi) is 14.0. The van der Waals surface area contributed by atoms with Crippen LogP contribution in [0.15, 0.2) is 24.3 Å². The van der Waals surface area contributed by atoms with E-state index < -0.39 is 60.1 Å². The van der Waals surface area contributed by atoms with Gasteiger partial charge in [-0.25, -0.2) is 0 Å². The number of nitrogens with two attached hydrogens (primary N) is 1. The maximum Gasteiger partial charge on any atom is 0.302 e. The number of amides is 5. The van der Waals surface area contributed by atoms with Gasteiger partial charge in [0.05, 0.1) is 19.6 Å². The van der Waals surface area contributed by atoms with Gasteiger partial charge >= 0.3 is 5.97 Å². The fourth-order valence-electron chi connectivity index (χ4n) is 2.87. The molecule has 3 atom stereocenters. The van der Waals surface area contributed by atoms with Crippen LogP contribution in [0.4, 0.5) is 5.69 Å². The lowest BCUT2D eigenvalue weighted by molar-refractivity contribution is -0.142. The van der Waals surface area contributed by atoms with Gasteiger partial charge in [-0.1, -0.05) is 12.1 Å². The zero-order valence-electron chi connectivity index (χ0n) is 21.8. The van der Waals surface area contributed by atoms with Crippen molar-refractivity contribution >= 4 is 41.2 Å². The molecule has 0 heterocycles. The predicted molar refractivity (Wildman–Crippen MR) is 134 cm³/mol. The van der Waals surface area contributed by atoms with Crippen LogP contribution in [-0.2, 0) is 49.6 Å². The summed E-state index contributed by atoms with van der Waals surface area (Å²) in [6.45, 7) is 4.41. The van der Waals surface area contributed by atoms with Gasteiger partial charge in [0.2, 0.25) is 29.5 Å². The number of primary amides is 1. The van der Waals surface area contributed by atoms with Crippen molar-refractivity contribution in [1.82, 2.24) is 16.0 Å². The zero-order valence-corrected chi connectivity index (χ0v) is 21.8. The van der Waals surface area contributed by atoms with E-state index in [-0.39, 0.29) is 19.8 Å². The molecule has 0 aliphatic rings. The first-order valence-electron chi connectivity index (χ1n) is 11.7. The maximum atomic E-state index is 12.7. The molecule has 0 aromatic heterocycles. The first-order chi connectivity index (χ1) is 17.9. The fourth-order valence-corrected chi connectivity index (χ4v) is 2.87. The van der Waals surface area contributed by atoms with Gasteiger partial charge in [-0.15, -0.1) is 0 Å². The molecule has 5 amide bonds. The van der Waals surface area contributed by atoms with Crippen molar-refractivity contribution in [2.24, 2.45) is 5.73 Å². The van der Waals surface area contributed by atoms with Gasteiger partial charge in [0.1, 0.15) is 31.3 Å². The molecule has 14 nitrogen and oxygen atoms in total. The molecule has 0 unspecified atom stereocenters. The van der Waals surface area contributed by atoms with E-state index in [0.717, 1.165) is 0 Å². The van der Waals surface area contributed by atoms with E-state index in [4.69, 9.17) is 19.9 Å². The highest BCUT2D eigenvalue weighted by molar-refractivity contribution is 6.00. The Hall–Kier alpha value is -4.04. The van der Waals surface area contributed by atoms with Crippen molar-refractivity contribution < 1.29 is 43.0 Å². The van der Waals surface area contributed by atoms with Crippen LogP contribution < -0.4 is 27.0 Å². The van der Waals surface area contributed by atoms with Crippen LogP contribution in [0, 0.1) is 0 Å². The quantitative estimate of drug-likeness (QED) is 0.126. The number of benzene rings is 1. The minimum absolute atomic E-state index is 0.0674. The van der Waals surface area contributed by atoms with Crippen LogP contribution in [0.3, 0.4) is 0 Å². The third-order valence-electron chi connectivity index (χ3n) is 4.89. The lowest BCUT2D eigenvalue weighted by Crippen LogP contribution is -2.55. The predicted octanol–water partition coefficient (Wildman–Crippen LogP) is -1.28. The lowest BCUT2D eigenvalue weighted by Gasteiger charge is -2.22. The molecule has 0 fully saturated rings. The van der Waals surface area contributed by atoms with Crippen LogP contribution >= 0.6 is 0 Å². The van der Waals surface area contributed by atoms with Gasteiger partial charge in [-0.2, -0.15) is 0 Å². The summed E-state index contributed by atoms with van der Waals surface area (Å²) in [6, 6.07) is 2.97. The highest BCUT2D eigenvalue weighted by Crippen LogP contribution is 2.11. The minimum atomic E-state index is -1.32. The van der Waals surface area contributed by atoms with E-state index in [2.05, 4.69) is 21.3 Å². The molecule has 210 valence electrons. The van der Waals surface area contributed by atoms with Crippen LogP contribution in [0.25, 0.3) is 0 Å². The van der Waals surface area contributed by atoms with Gasteiger partial charge in [-0.05, 0) is 31.5 Å². The number of carbonyl (C=O) groups excluding carboxylic acids is 6. The summed E-state index contributed by atoms with van der Waals surface area (Å²) in [5, 5.41) is 9.82. The Morgan fingerprint density at radius 1 is 0.868 bits per heavy atom. The lowest BCUT2D eigenvalue weighted by atomic mass is 10.1. The number of anilines is 1. The normalized spacial score (nSPS) is 12.8. The van der Waals surface area contributed by atoms with E-state index >= 15 is 0 Å². The Balaban J connectivity index is 2.66. The molecule has 1 aromatic carbocycles. The van der Waals surface area contributed by atoms with Crippen LogP contribution in [0.1, 0.15) is 32.8 Å². The molecule has 1 rings (SSSR count). The third-order valence-corrected chi connectivity index (χ3v) is 4.89. The van der Waals surface area contributed by atoms with E-state index in [1.807, 2.05) is 0 Å². The summed E-state index contributed by atoms with van der Waals surface area (Å²) in [4.78, 5) is 72.0. The molecular weight excluding hydrogens is 502 g/mol. The molecule has 0 spiro atoms. The fraction of sp³-hybridized carbons (Fsp3) is 0.500. The second-order valence-electron chi connectivity index (χ2n) is 8.26. The Labute approximate surface area is 220 Å². The number of methoxy groups -OCH3 is 1. The molecule has 0 aliphatic heterocycles. The van der Waals surface area contributed by atoms with Crippen molar-refractivity contribution in [3.05, 3.63) is 29.8 Å². The largest absolute Gasteiger partial charge is 0.461 e. The molecule has 0 bridgehead atoms. The third kappa shape index (κ3) is 12.8. The average molecular weight is 538 g/mol. The van der Waals surface area contributed by atoms with Crippen molar-refractivity contribution in [2.45, 2.75) is 51.9 Å². The molecule has 0 aliphatic carbocycles. The summed E-state index contributed by atoms with van der Waals surface area (Å²) < 4.78 is 14.8. The summed E-state index contributed by atoms with van der Waals surface area (Å²) in [7, 11) is 1.49.